The zero-order valence-corrected chi connectivity index (χ0v) is 24.9. The van der Waals surface area contributed by atoms with Gasteiger partial charge >= 0.3 is 5.97 Å². The number of esters is 1. The summed E-state index contributed by atoms with van der Waals surface area (Å²) in [4.78, 5) is 24.9. The standard InChI is InChI=1S/C30H29BrN4O5S/c1-3-34(4-2)41(38,39)27-17-15-25(16-18-27)32-28(36)21-40-29(37)19-12-23-20-35(26-8-6-5-7-9-26)33-30(23)22-10-13-24(31)14-11-22/h5-20H,3-4,21H2,1-2H3,(H,32,36)/b19-12+. The summed E-state index contributed by atoms with van der Waals surface area (Å²) in [5.74, 6) is -1.26. The Morgan fingerprint density at radius 1 is 0.976 bits per heavy atom. The van der Waals surface area contributed by atoms with E-state index in [0.29, 0.717) is 30.0 Å². The molecule has 9 nitrogen and oxygen atoms in total. The van der Waals surface area contributed by atoms with Crippen LogP contribution < -0.4 is 5.32 Å². The molecule has 4 rings (SSSR count). The lowest BCUT2D eigenvalue weighted by Crippen LogP contribution is -2.30. The van der Waals surface area contributed by atoms with Gasteiger partial charge in [0.05, 0.1) is 16.3 Å². The summed E-state index contributed by atoms with van der Waals surface area (Å²) in [6.07, 6.45) is 4.65. The molecule has 0 saturated heterocycles. The maximum absolute atomic E-state index is 12.6. The molecule has 0 spiro atoms. The molecule has 0 aliphatic rings. The summed E-state index contributed by atoms with van der Waals surface area (Å²) in [6.45, 7) is 3.75. The van der Waals surface area contributed by atoms with E-state index in [-0.39, 0.29) is 4.90 Å². The van der Waals surface area contributed by atoms with Gasteiger partial charge in [0, 0.05) is 46.6 Å². The molecule has 0 radical (unpaired) electrons. The van der Waals surface area contributed by atoms with Crippen molar-refractivity contribution in [1.82, 2.24) is 14.1 Å². The van der Waals surface area contributed by atoms with E-state index in [1.54, 1.807) is 24.6 Å². The van der Waals surface area contributed by atoms with Crippen molar-refractivity contribution in [2.75, 3.05) is 25.0 Å². The number of rotatable bonds is 11. The molecule has 0 fully saturated rings. The second kappa shape index (κ2) is 13.5. The van der Waals surface area contributed by atoms with Crippen molar-refractivity contribution in [3.63, 3.8) is 0 Å². The zero-order valence-electron chi connectivity index (χ0n) is 22.5. The molecule has 0 bridgehead atoms. The van der Waals surface area contributed by atoms with Crippen molar-refractivity contribution in [3.8, 4) is 16.9 Å². The fraction of sp³-hybridized carbons (Fsp3) is 0.167. The first kappa shape index (κ1) is 29.9. The predicted octanol–water partition coefficient (Wildman–Crippen LogP) is 5.53. The molecule has 1 aromatic heterocycles. The molecule has 0 saturated carbocycles. The van der Waals surface area contributed by atoms with Gasteiger partial charge in [0.2, 0.25) is 10.0 Å². The van der Waals surface area contributed by atoms with Crippen LogP contribution in [0.5, 0.6) is 0 Å². The summed E-state index contributed by atoms with van der Waals surface area (Å²) < 4.78 is 34.4. The summed E-state index contributed by atoms with van der Waals surface area (Å²) in [5.41, 5.74) is 3.48. The minimum atomic E-state index is -3.60. The largest absolute Gasteiger partial charge is 0.452 e. The number of ether oxygens (including phenoxy) is 1. The SMILES string of the molecule is CCN(CC)S(=O)(=O)c1ccc(NC(=O)COC(=O)/C=C/c2cn(-c3ccccc3)nc2-c2ccc(Br)cc2)cc1. The molecule has 212 valence electrons. The van der Waals surface area contributed by atoms with Crippen LogP contribution in [0.4, 0.5) is 5.69 Å². The van der Waals surface area contributed by atoms with Crippen LogP contribution in [0.2, 0.25) is 0 Å². The summed E-state index contributed by atoms with van der Waals surface area (Å²) in [7, 11) is -3.60. The van der Waals surface area contributed by atoms with Crippen molar-refractivity contribution < 1.29 is 22.7 Å². The van der Waals surface area contributed by atoms with Crippen LogP contribution >= 0.6 is 15.9 Å². The van der Waals surface area contributed by atoms with Crippen LogP contribution in [0.25, 0.3) is 23.0 Å². The van der Waals surface area contributed by atoms with Crippen molar-refractivity contribution in [2.24, 2.45) is 0 Å². The highest BCUT2D eigenvalue weighted by atomic mass is 79.9. The average Bonchev–Trinajstić information content (AvgIpc) is 3.41. The van der Waals surface area contributed by atoms with E-state index in [2.05, 4.69) is 21.2 Å². The highest BCUT2D eigenvalue weighted by Crippen LogP contribution is 2.26. The number of para-hydroxylation sites is 1. The Labute approximate surface area is 247 Å². The number of hydrogen-bond acceptors (Lipinski definition) is 6. The van der Waals surface area contributed by atoms with E-state index in [0.717, 1.165) is 15.7 Å². The monoisotopic (exact) mass is 636 g/mol. The Morgan fingerprint density at radius 2 is 1.63 bits per heavy atom. The minimum Gasteiger partial charge on any atom is -0.452 e. The summed E-state index contributed by atoms with van der Waals surface area (Å²) >= 11 is 3.44. The number of sulfonamides is 1. The number of nitrogens with zero attached hydrogens (tertiary/aromatic N) is 3. The smallest absolute Gasteiger partial charge is 0.331 e. The van der Waals surface area contributed by atoms with E-state index >= 15 is 0 Å². The Bertz CT molecular complexity index is 1630. The van der Waals surface area contributed by atoms with Gasteiger partial charge in [-0.25, -0.2) is 17.9 Å². The van der Waals surface area contributed by atoms with Gasteiger partial charge in [0.25, 0.3) is 5.91 Å². The van der Waals surface area contributed by atoms with Crippen LogP contribution in [-0.4, -0.2) is 54.1 Å². The Balaban J connectivity index is 1.40. The Kier molecular flexibility index (Phi) is 9.87. The van der Waals surface area contributed by atoms with Crippen molar-refractivity contribution in [3.05, 3.63) is 101 Å². The Hall–Kier alpha value is -4.06. The molecular formula is C30H29BrN4O5S. The van der Waals surface area contributed by atoms with Gasteiger partial charge in [-0.3, -0.25) is 4.79 Å². The number of carbonyl (C=O) groups is 2. The fourth-order valence-corrected chi connectivity index (χ4v) is 5.74. The first-order valence-electron chi connectivity index (χ1n) is 12.9. The van der Waals surface area contributed by atoms with Gasteiger partial charge in [0.15, 0.2) is 6.61 Å². The number of carbonyl (C=O) groups excluding carboxylic acids is 2. The second-order valence-electron chi connectivity index (χ2n) is 8.82. The predicted molar refractivity (Wildman–Crippen MR) is 162 cm³/mol. The van der Waals surface area contributed by atoms with E-state index in [4.69, 9.17) is 9.84 Å². The third kappa shape index (κ3) is 7.57. The number of anilines is 1. The van der Waals surface area contributed by atoms with E-state index in [1.165, 1.54) is 34.6 Å². The third-order valence-corrected chi connectivity index (χ3v) is 8.70. The van der Waals surface area contributed by atoms with Crippen molar-refractivity contribution in [1.29, 1.82) is 0 Å². The number of amides is 1. The van der Waals surface area contributed by atoms with E-state index < -0.39 is 28.5 Å². The van der Waals surface area contributed by atoms with Gasteiger partial charge in [-0.15, -0.1) is 0 Å². The van der Waals surface area contributed by atoms with Gasteiger partial charge in [-0.1, -0.05) is 60.1 Å². The van der Waals surface area contributed by atoms with Gasteiger partial charge in [-0.05, 0) is 54.6 Å². The molecular weight excluding hydrogens is 608 g/mol. The molecule has 1 amide bonds. The summed E-state index contributed by atoms with van der Waals surface area (Å²) in [5, 5.41) is 7.31. The lowest BCUT2D eigenvalue weighted by molar-refractivity contribution is -0.142. The molecule has 0 unspecified atom stereocenters. The number of hydrogen-bond donors (Lipinski definition) is 1. The maximum Gasteiger partial charge on any atom is 0.331 e. The van der Waals surface area contributed by atoms with Gasteiger partial charge in [0.1, 0.15) is 0 Å². The average molecular weight is 638 g/mol. The topological polar surface area (TPSA) is 111 Å². The molecule has 1 N–H and O–H groups in total. The quantitative estimate of drug-likeness (QED) is 0.171. The summed E-state index contributed by atoms with van der Waals surface area (Å²) in [6, 6.07) is 23.1. The molecule has 0 aliphatic carbocycles. The minimum absolute atomic E-state index is 0.133. The normalized spacial score (nSPS) is 11.6. The molecule has 4 aromatic rings. The van der Waals surface area contributed by atoms with Gasteiger partial charge < -0.3 is 10.1 Å². The van der Waals surface area contributed by atoms with Crippen LogP contribution in [0.1, 0.15) is 19.4 Å². The Morgan fingerprint density at radius 3 is 2.27 bits per heavy atom. The number of nitrogens with one attached hydrogen (secondary N) is 1. The molecule has 0 atom stereocenters. The molecule has 41 heavy (non-hydrogen) atoms. The van der Waals surface area contributed by atoms with Crippen LogP contribution in [0.15, 0.2) is 101 Å². The first-order chi connectivity index (χ1) is 19.7. The number of benzene rings is 3. The van der Waals surface area contributed by atoms with Crippen LogP contribution in [0.3, 0.4) is 0 Å². The molecule has 11 heteroatoms. The maximum atomic E-state index is 12.6. The second-order valence-corrected chi connectivity index (χ2v) is 11.7. The highest BCUT2D eigenvalue weighted by molar-refractivity contribution is 9.10. The van der Waals surface area contributed by atoms with Crippen molar-refractivity contribution in [2.45, 2.75) is 18.7 Å². The lowest BCUT2D eigenvalue weighted by Gasteiger charge is -2.18. The molecule has 3 aromatic carbocycles. The molecule has 1 heterocycles. The van der Waals surface area contributed by atoms with Gasteiger partial charge in [-0.2, -0.15) is 9.40 Å². The molecule has 0 aliphatic heterocycles. The first-order valence-corrected chi connectivity index (χ1v) is 15.1. The third-order valence-electron chi connectivity index (χ3n) is 6.11. The number of halogens is 1. The van der Waals surface area contributed by atoms with E-state index in [1.807, 2.05) is 60.8 Å². The lowest BCUT2D eigenvalue weighted by atomic mass is 10.1. The highest BCUT2D eigenvalue weighted by Gasteiger charge is 2.21. The number of aromatic nitrogens is 2. The van der Waals surface area contributed by atoms with E-state index in [9.17, 15) is 18.0 Å². The zero-order chi connectivity index (χ0) is 29.4. The van der Waals surface area contributed by atoms with Crippen LogP contribution in [0, 0.1) is 0 Å². The van der Waals surface area contributed by atoms with Crippen LogP contribution in [-0.2, 0) is 24.3 Å². The van der Waals surface area contributed by atoms with Crippen molar-refractivity contribution >= 4 is 49.6 Å². The fourth-order valence-electron chi connectivity index (χ4n) is 4.02.